The largest absolute Gasteiger partial charge is 0.297 e. The summed E-state index contributed by atoms with van der Waals surface area (Å²) in [7, 11) is 3.99. The molecule has 0 aliphatic heterocycles. The van der Waals surface area contributed by atoms with E-state index in [1.165, 1.54) is 5.56 Å². The molecule has 0 bridgehead atoms. The fourth-order valence-corrected chi connectivity index (χ4v) is 2.79. The molecule has 0 saturated carbocycles. The molecular weight excluding hydrogens is 234 g/mol. The molecular formula is C17H27NO. The average molecular weight is 261 g/mol. The number of nitrogens with zero attached hydrogens (tertiary/aromatic N) is 1. The molecule has 0 N–H and O–H groups in total. The van der Waals surface area contributed by atoms with E-state index in [1.54, 1.807) is 0 Å². The molecule has 106 valence electrons. The minimum Gasteiger partial charge on any atom is -0.297 e. The van der Waals surface area contributed by atoms with Crippen LogP contribution in [0.4, 0.5) is 0 Å². The van der Waals surface area contributed by atoms with Crippen LogP contribution < -0.4 is 0 Å². The summed E-state index contributed by atoms with van der Waals surface area (Å²) in [5.41, 5.74) is 1.77. The molecule has 0 aliphatic rings. The van der Waals surface area contributed by atoms with E-state index in [4.69, 9.17) is 0 Å². The zero-order valence-corrected chi connectivity index (χ0v) is 13.0. The first kappa shape index (κ1) is 15.9. The number of aryl methyl sites for hydroxylation is 1. The van der Waals surface area contributed by atoms with E-state index in [2.05, 4.69) is 37.8 Å². The Labute approximate surface area is 117 Å². The van der Waals surface area contributed by atoms with Crippen LogP contribution in [0.25, 0.3) is 0 Å². The summed E-state index contributed by atoms with van der Waals surface area (Å²) >= 11 is 0. The van der Waals surface area contributed by atoms with Crippen LogP contribution in [0.5, 0.6) is 0 Å². The Kier molecular flexibility index (Phi) is 5.74. The van der Waals surface area contributed by atoms with Gasteiger partial charge in [0, 0.05) is 5.56 Å². The van der Waals surface area contributed by atoms with Crippen LogP contribution in [0.1, 0.15) is 56.0 Å². The molecule has 0 unspecified atom stereocenters. The number of carbonyl (C=O) groups is 1. The number of ketones is 1. The third-order valence-corrected chi connectivity index (χ3v) is 4.20. The molecule has 1 aromatic rings. The van der Waals surface area contributed by atoms with Crippen molar-refractivity contribution < 1.29 is 4.79 Å². The van der Waals surface area contributed by atoms with Crippen molar-refractivity contribution in [2.45, 2.75) is 52.0 Å². The summed E-state index contributed by atoms with van der Waals surface area (Å²) in [6.45, 7) is 6.35. The maximum atomic E-state index is 12.8. The van der Waals surface area contributed by atoms with E-state index < -0.39 is 0 Å². The Bertz CT molecular complexity index is 402. The molecule has 2 nitrogen and oxygen atoms in total. The average Bonchev–Trinajstić information content (AvgIpc) is 2.41. The van der Waals surface area contributed by atoms with E-state index in [9.17, 15) is 4.79 Å². The van der Waals surface area contributed by atoms with Crippen LogP contribution in [-0.4, -0.2) is 30.3 Å². The molecule has 1 rings (SSSR count). The molecule has 19 heavy (non-hydrogen) atoms. The molecule has 2 heteroatoms. The van der Waals surface area contributed by atoms with Crippen molar-refractivity contribution in [3.63, 3.8) is 0 Å². The maximum absolute atomic E-state index is 12.8. The molecule has 0 fully saturated rings. The molecule has 0 spiro atoms. The van der Waals surface area contributed by atoms with E-state index in [-0.39, 0.29) is 11.3 Å². The standard InChI is InChI=1S/C17H27NO/c1-6-9-14-10-12-15(13-11-14)16(19)17(7-2,8-3)18(4)5/h10-13H,6-9H2,1-5H3. The summed E-state index contributed by atoms with van der Waals surface area (Å²) in [5, 5.41) is 0. The summed E-state index contributed by atoms with van der Waals surface area (Å²) in [6, 6.07) is 8.14. The highest BCUT2D eigenvalue weighted by molar-refractivity contribution is 6.03. The zero-order valence-electron chi connectivity index (χ0n) is 13.0. The quantitative estimate of drug-likeness (QED) is 0.693. The lowest BCUT2D eigenvalue weighted by Crippen LogP contribution is -2.50. The van der Waals surface area contributed by atoms with Gasteiger partial charge in [0.2, 0.25) is 0 Å². The smallest absolute Gasteiger partial charge is 0.183 e. The van der Waals surface area contributed by atoms with Gasteiger partial charge in [0.1, 0.15) is 0 Å². The van der Waals surface area contributed by atoms with Crippen LogP contribution >= 0.6 is 0 Å². The molecule has 1 aromatic carbocycles. The molecule has 0 saturated heterocycles. The lowest BCUT2D eigenvalue weighted by Gasteiger charge is -2.37. The Morgan fingerprint density at radius 3 is 1.95 bits per heavy atom. The number of Topliss-reactive ketones (excluding diaryl/α,β-unsaturated/α-hetero) is 1. The lowest BCUT2D eigenvalue weighted by atomic mass is 9.83. The summed E-state index contributed by atoms with van der Waals surface area (Å²) in [4.78, 5) is 14.9. The van der Waals surface area contributed by atoms with Gasteiger partial charge in [-0.25, -0.2) is 0 Å². The summed E-state index contributed by atoms with van der Waals surface area (Å²) in [5.74, 6) is 0.241. The van der Waals surface area contributed by atoms with Crippen LogP contribution in [0.2, 0.25) is 0 Å². The third kappa shape index (κ3) is 3.24. The third-order valence-electron chi connectivity index (χ3n) is 4.20. The molecule has 0 heterocycles. The Morgan fingerprint density at radius 2 is 1.58 bits per heavy atom. The lowest BCUT2D eigenvalue weighted by molar-refractivity contribution is 0.0656. The number of likely N-dealkylation sites (N-methyl/N-ethyl adjacent to an activating group) is 1. The second-order valence-electron chi connectivity index (χ2n) is 5.41. The van der Waals surface area contributed by atoms with Gasteiger partial charge < -0.3 is 0 Å². The second kappa shape index (κ2) is 6.85. The number of hydrogen-bond donors (Lipinski definition) is 0. The van der Waals surface area contributed by atoms with Gasteiger partial charge in [0.25, 0.3) is 0 Å². The monoisotopic (exact) mass is 261 g/mol. The number of benzene rings is 1. The van der Waals surface area contributed by atoms with Crippen LogP contribution in [0, 0.1) is 0 Å². The molecule has 0 amide bonds. The minimum absolute atomic E-state index is 0.241. The molecule has 0 radical (unpaired) electrons. The van der Waals surface area contributed by atoms with Crippen molar-refractivity contribution in [1.29, 1.82) is 0 Å². The number of rotatable bonds is 7. The van der Waals surface area contributed by atoms with Crippen LogP contribution in [-0.2, 0) is 6.42 Å². The van der Waals surface area contributed by atoms with E-state index in [0.717, 1.165) is 31.2 Å². The molecule has 0 aliphatic carbocycles. The predicted molar refractivity (Wildman–Crippen MR) is 81.8 cm³/mol. The topological polar surface area (TPSA) is 20.3 Å². The fourth-order valence-electron chi connectivity index (χ4n) is 2.79. The van der Waals surface area contributed by atoms with Gasteiger partial charge in [-0.1, -0.05) is 51.5 Å². The van der Waals surface area contributed by atoms with Crippen molar-refractivity contribution in [1.82, 2.24) is 4.90 Å². The van der Waals surface area contributed by atoms with Crippen molar-refractivity contribution in [2.75, 3.05) is 14.1 Å². The predicted octanol–water partition coefficient (Wildman–Crippen LogP) is 3.94. The first-order valence-electron chi connectivity index (χ1n) is 7.33. The fraction of sp³-hybridized carbons (Fsp3) is 0.588. The second-order valence-corrected chi connectivity index (χ2v) is 5.41. The summed E-state index contributed by atoms with van der Waals surface area (Å²) in [6.07, 6.45) is 3.89. The normalized spacial score (nSPS) is 11.9. The maximum Gasteiger partial charge on any atom is 0.183 e. The van der Waals surface area contributed by atoms with Gasteiger partial charge >= 0.3 is 0 Å². The van der Waals surface area contributed by atoms with Crippen molar-refractivity contribution in [3.8, 4) is 0 Å². The van der Waals surface area contributed by atoms with E-state index in [1.807, 2.05) is 26.2 Å². The van der Waals surface area contributed by atoms with E-state index >= 15 is 0 Å². The highest BCUT2D eigenvalue weighted by Gasteiger charge is 2.37. The number of hydrogen-bond acceptors (Lipinski definition) is 2. The Hall–Kier alpha value is -1.15. The molecule has 0 atom stereocenters. The SMILES string of the molecule is CCCc1ccc(C(=O)C(CC)(CC)N(C)C)cc1. The highest BCUT2D eigenvalue weighted by Crippen LogP contribution is 2.26. The van der Waals surface area contributed by atoms with Crippen molar-refractivity contribution >= 4 is 5.78 Å². The van der Waals surface area contributed by atoms with Gasteiger partial charge in [-0.3, -0.25) is 9.69 Å². The van der Waals surface area contributed by atoms with Gasteiger partial charge in [0.15, 0.2) is 5.78 Å². The Balaban J connectivity index is 3.03. The van der Waals surface area contributed by atoms with E-state index in [0.29, 0.717) is 0 Å². The van der Waals surface area contributed by atoms with Gasteiger partial charge in [-0.05, 0) is 38.9 Å². The molecule has 0 aromatic heterocycles. The first-order chi connectivity index (χ1) is 9.01. The van der Waals surface area contributed by atoms with Gasteiger partial charge in [0.05, 0.1) is 5.54 Å². The first-order valence-corrected chi connectivity index (χ1v) is 7.33. The van der Waals surface area contributed by atoms with Crippen LogP contribution in [0.3, 0.4) is 0 Å². The Morgan fingerprint density at radius 1 is 1.05 bits per heavy atom. The van der Waals surface area contributed by atoms with Crippen molar-refractivity contribution in [2.24, 2.45) is 0 Å². The minimum atomic E-state index is -0.369. The number of carbonyl (C=O) groups excluding carboxylic acids is 1. The highest BCUT2D eigenvalue weighted by atomic mass is 16.1. The van der Waals surface area contributed by atoms with Crippen LogP contribution in [0.15, 0.2) is 24.3 Å². The van der Waals surface area contributed by atoms with Gasteiger partial charge in [-0.15, -0.1) is 0 Å². The van der Waals surface area contributed by atoms with Gasteiger partial charge in [-0.2, -0.15) is 0 Å². The van der Waals surface area contributed by atoms with Crippen molar-refractivity contribution in [3.05, 3.63) is 35.4 Å². The zero-order chi connectivity index (χ0) is 14.5. The summed E-state index contributed by atoms with van der Waals surface area (Å²) < 4.78 is 0.